The van der Waals surface area contributed by atoms with Gasteiger partial charge in [0.1, 0.15) is 0 Å². The minimum Gasteiger partial charge on any atom is -0.396 e. The van der Waals surface area contributed by atoms with Crippen LogP contribution in [0.3, 0.4) is 0 Å². The second-order valence-corrected chi connectivity index (χ2v) is 4.59. The van der Waals surface area contributed by atoms with Crippen molar-refractivity contribution in [3.8, 4) is 0 Å². The van der Waals surface area contributed by atoms with Crippen molar-refractivity contribution < 1.29 is 9.90 Å². The molecule has 1 aromatic carbocycles. The predicted octanol–water partition coefficient (Wildman–Crippen LogP) is 2.01. The second kappa shape index (κ2) is 5.34. The number of hydrogen-bond donors (Lipinski definition) is 2. The number of halogens is 1. The molecule has 3 nitrogen and oxygen atoms in total. The van der Waals surface area contributed by atoms with Crippen LogP contribution in [0.25, 0.3) is 0 Å². The van der Waals surface area contributed by atoms with Crippen LogP contribution >= 0.6 is 11.6 Å². The van der Waals surface area contributed by atoms with Crippen LogP contribution in [0.4, 0.5) is 0 Å². The van der Waals surface area contributed by atoms with Crippen molar-refractivity contribution in [2.75, 3.05) is 6.61 Å². The smallest absolute Gasteiger partial charge is 0.251 e. The van der Waals surface area contributed by atoms with Crippen molar-refractivity contribution in [3.63, 3.8) is 0 Å². The summed E-state index contributed by atoms with van der Waals surface area (Å²) in [6.07, 6.45) is 4.62. The number of benzene rings is 1. The van der Waals surface area contributed by atoms with E-state index < -0.39 is 0 Å². The van der Waals surface area contributed by atoms with E-state index in [1.165, 1.54) is 0 Å². The number of carbonyl (C=O) groups excluding carboxylic acids is 1. The Morgan fingerprint density at radius 3 is 2.65 bits per heavy atom. The molecule has 0 unspecified atom stereocenters. The van der Waals surface area contributed by atoms with Gasteiger partial charge in [-0.25, -0.2) is 0 Å². The highest BCUT2D eigenvalue weighted by Gasteiger charge is 2.20. The van der Waals surface area contributed by atoms with Gasteiger partial charge in [-0.2, -0.15) is 0 Å². The summed E-state index contributed by atoms with van der Waals surface area (Å²) in [6.45, 7) is 0.129. The van der Waals surface area contributed by atoms with Crippen LogP contribution in [-0.2, 0) is 0 Å². The Hall–Kier alpha value is -1.32. The van der Waals surface area contributed by atoms with Crippen LogP contribution in [0.5, 0.6) is 0 Å². The van der Waals surface area contributed by atoms with Crippen molar-refractivity contribution >= 4 is 17.5 Å². The third kappa shape index (κ3) is 3.08. The molecule has 0 saturated heterocycles. The largest absolute Gasteiger partial charge is 0.396 e. The van der Waals surface area contributed by atoms with Gasteiger partial charge >= 0.3 is 0 Å². The van der Waals surface area contributed by atoms with Gasteiger partial charge in [-0.1, -0.05) is 23.8 Å². The summed E-state index contributed by atoms with van der Waals surface area (Å²) in [6, 6.07) is 6.78. The number of aliphatic hydroxyl groups is 1. The monoisotopic (exact) mass is 251 g/mol. The van der Waals surface area contributed by atoms with Crippen LogP contribution in [0.1, 0.15) is 16.8 Å². The van der Waals surface area contributed by atoms with Crippen LogP contribution in [-0.4, -0.2) is 23.7 Å². The quantitative estimate of drug-likeness (QED) is 0.808. The molecule has 1 aliphatic carbocycles. The van der Waals surface area contributed by atoms with Gasteiger partial charge < -0.3 is 10.4 Å². The number of rotatable bonds is 3. The summed E-state index contributed by atoms with van der Waals surface area (Å²) in [5, 5.41) is 12.5. The highest BCUT2D eigenvalue weighted by Crippen LogP contribution is 2.17. The molecule has 2 rings (SSSR count). The lowest BCUT2D eigenvalue weighted by Gasteiger charge is -2.12. The first-order chi connectivity index (χ1) is 8.19. The zero-order chi connectivity index (χ0) is 12.3. The summed E-state index contributed by atoms with van der Waals surface area (Å²) in [4.78, 5) is 11.9. The molecule has 2 atom stereocenters. The molecule has 0 radical (unpaired) electrons. The van der Waals surface area contributed by atoms with Crippen molar-refractivity contribution in [1.82, 2.24) is 5.32 Å². The Kier molecular flexibility index (Phi) is 3.82. The lowest BCUT2D eigenvalue weighted by atomic mass is 10.1. The third-order valence-corrected chi connectivity index (χ3v) is 3.08. The topological polar surface area (TPSA) is 49.3 Å². The van der Waals surface area contributed by atoms with Gasteiger partial charge in [-0.05, 0) is 30.7 Å². The van der Waals surface area contributed by atoms with E-state index in [9.17, 15) is 4.79 Å². The molecular weight excluding hydrogens is 238 g/mol. The maximum absolute atomic E-state index is 11.9. The molecule has 0 aromatic heterocycles. The lowest BCUT2D eigenvalue weighted by molar-refractivity contribution is 0.0941. The normalized spacial score (nSPS) is 22.7. The Bertz CT molecular complexity index is 428. The van der Waals surface area contributed by atoms with Gasteiger partial charge in [0.05, 0.1) is 0 Å². The predicted molar refractivity (Wildman–Crippen MR) is 67.0 cm³/mol. The average molecular weight is 252 g/mol. The Morgan fingerprint density at radius 2 is 2.06 bits per heavy atom. The molecule has 1 aromatic rings. The zero-order valence-electron chi connectivity index (χ0n) is 9.27. The maximum atomic E-state index is 11.9. The fraction of sp³-hybridized carbons (Fsp3) is 0.308. The molecule has 0 aliphatic heterocycles. The number of aliphatic hydroxyl groups excluding tert-OH is 1. The summed E-state index contributed by atoms with van der Waals surface area (Å²) in [5.41, 5.74) is 0.593. The van der Waals surface area contributed by atoms with Crippen LogP contribution < -0.4 is 5.32 Å². The molecular formula is C13H14ClNO2. The number of hydrogen-bond acceptors (Lipinski definition) is 2. The second-order valence-electron chi connectivity index (χ2n) is 4.15. The molecule has 90 valence electrons. The maximum Gasteiger partial charge on any atom is 0.251 e. The van der Waals surface area contributed by atoms with Crippen molar-refractivity contribution in [3.05, 3.63) is 47.0 Å². The van der Waals surface area contributed by atoms with E-state index in [-0.39, 0.29) is 24.5 Å². The van der Waals surface area contributed by atoms with Gasteiger partial charge in [0, 0.05) is 29.2 Å². The number of nitrogens with one attached hydrogen (secondary N) is 1. The fourth-order valence-corrected chi connectivity index (χ4v) is 2.00. The van der Waals surface area contributed by atoms with Crippen LogP contribution in [0.15, 0.2) is 36.4 Å². The molecule has 2 N–H and O–H groups in total. The molecule has 0 saturated carbocycles. The van der Waals surface area contributed by atoms with E-state index in [0.717, 1.165) is 6.42 Å². The molecule has 1 amide bonds. The fourth-order valence-electron chi connectivity index (χ4n) is 1.87. The third-order valence-electron chi connectivity index (χ3n) is 2.83. The van der Waals surface area contributed by atoms with Crippen molar-refractivity contribution in [2.45, 2.75) is 12.5 Å². The molecule has 0 fully saturated rings. The Labute approximate surface area is 105 Å². The highest BCUT2D eigenvalue weighted by atomic mass is 35.5. The number of carbonyl (C=O) groups is 1. The molecule has 0 spiro atoms. The van der Waals surface area contributed by atoms with Gasteiger partial charge in [0.15, 0.2) is 0 Å². The van der Waals surface area contributed by atoms with Gasteiger partial charge in [0.2, 0.25) is 0 Å². The zero-order valence-corrected chi connectivity index (χ0v) is 10.0. The standard InChI is InChI=1S/C13H14ClNO2/c14-11-4-2-10(3-5-11)13(17)15-12-6-1-9(7-12)8-16/h1-6,9,12,16H,7-8H2,(H,15,17)/t9-,12+/m0/s1. The highest BCUT2D eigenvalue weighted by molar-refractivity contribution is 6.30. The van der Waals surface area contributed by atoms with Crippen molar-refractivity contribution in [2.24, 2.45) is 5.92 Å². The summed E-state index contributed by atoms with van der Waals surface area (Å²) in [7, 11) is 0. The molecule has 17 heavy (non-hydrogen) atoms. The summed E-state index contributed by atoms with van der Waals surface area (Å²) < 4.78 is 0. The van der Waals surface area contributed by atoms with Gasteiger partial charge in [-0.15, -0.1) is 0 Å². The Balaban J connectivity index is 1.94. The molecule has 0 heterocycles. The first-order valence-corrected chi connectivity index (χ1v) is 5.92. The van der Waals surface area contributed by atoms with Gasteiger partial charge in [-0.3, -0.25) is 4.79 Å². The molecule has 0 bridgehead atoms. The van der Waals surface area contributed by atoms with Crippen LogP contribution in [0, 0.1) is 5.92 Å². The van der Waals surface area contributed by atoms with E-state index in [2.05, 4.69) is 5.32 Å². The summed E-state index contributed by atoms with van der Waals surface area (Å²) in [5.74, 6) is 0.0421. The lowest BCUT2D eigenvalue weighted by Crippen LogP contribution is -2.32. The molecule has 1 aliphatic rings. The minimum absolute atomic E-state index is 0.00956. The van der Waals surface area contributed by atoms with E-state index >= 15 is 0 Å². The SMILES string of the molecule is O=C(N[C@@H]1C=C[C@H](CO)C1)c1ccc(Cl)cc1. The first kappa shape index (κ1) is 12.1. The van der Waals surface area contributed by atoms with Gasteiger partial charge in [0.25, 0.3) is 5.91 Å². The molecule has 4 heteroatoms. The minimum atomic E-state index is -0.116. The Morgan fingerprint density at radius 1 is 1.35 bits per heavy atom. The average Bonchev–Trinajstić information content (AvgIpc) is 2.77. The number of amides is 1. The van der Waals surface area contributed by atoms with Crippen molar-refractivity contribution in [1.29, 1.82) is 0 Å². The van der Waals surface area contributed by atoms with E-state index in [1.807, 2.05) is 12.2 Å². The van der Waals surface area contributed by atoms with E-state index in [0.29, 0.717) is 10.6 Å². The van der Waals surface area contributed by atoms with E-state index in [4.69, 9.17) is 16.7 Å². The van der Waals surface area contributed by atoms with E-state index in [1.54, 1.807) is 24.3 Å². The summed E-state index contributed by atoms with van der Waals surface area (Å²) >= 11 is 5.75. The first-order valence-electron chi connectivity index (χ1n) is 5.54. The van der Waals surface area contributed by atoms with Crippen LogP contribution in [0.2, 0.25) is 5.02 Å².